The average molecular weight is 279 g/mol. The molecule has 0 N–H and O–H groups in total. The predicted molar refractivity (Wildman–Crippen MR) is 74.9 cm³/mol. The maximum absolute atomic E-state index is 13.0. The van der Waals surface area contributed by atoms with Crippen LogP contribution in [0.1, 0.15) is 53.4 Å². The minimum absolute atomic E-state index is 0.0453. The molecule has 4 nitrogen and oxygen atoms in total. The number of carbonyl (C=O) groups excluding carboxylic acids is 2. The topological polar surface area (TPSA) is 46.6 Å². The van der Waals surface area contributed by atoms with Gasteiger partial charge in [0.05, 0.1) is 5.41 Å². The highest BCUT2D eigenvalue weighted by atomic mass is 16.6. The lowest BCUT2D eigenvalue weighted by Crippen LogP contribution is -2.56. The minimum atomic E-state index is -0.917. The standard InChI is InChI=1S/C16H25NO3/c1-11-5-9-17(10-6-11)12(18)16-8-7-15(4,13(19)20-16)14(16,2)3/h11H,5-10H2,1-4H3. The monoisotopic (exact) mass is 279 g/mol. The summed E-state index contributed by atoms with van der Waals surface area (Å²) in [6.07, 6.45) is 3.53. The van der Waals surface area contributed by atoms with Gasteiger partial charge in [0.1, 0.15) is 0 Å². The van der Waals surface area contributed by atoms with Crippen LogP contribution in [0.15, 0.2) is 0 Å². The number of rotatable bonds is 1. The summed E-state index contributed by atoms with van der Waals surface area (Å²) >= 11 is 0. The third-order valence-electron chi connectivity index (χ3n) is 6.50. The molecule has 112 valence electrons. The summed E-state index contributed by atoms with van der Waals surface area (Å²) in [7, 11) is 0. The molecule has 4 heteroatoms. The first kappa shape index (κ1) is 13.9. The zero-order valence-corrected chi connectivity index (χ0v) is 13.0. The number of esters is 1. The van der Waals surface area contributed by atoms with Crippen LogP contribution in [0, 0.1) is 16.7 Å². The van der Waals surface area contributed by atoms with E-state index in [1.54, 1.807) is 0 Å². The number of hydrogen-bond acceptors (Lipinski definition) is 3. The van der Waals surface area contributed by atoms with E-state index in [9.17, 15) is 9.59 Å². The van der Waals surface area contributed by atoms with Gasteiger partial charge in [0.15, 0.2) is 5.60 Å². The van der Waals surface area contributed by atoms with Crippen LogP contribution >= 0.6 is 0 Å². The first-order chi connectivity index (χ1) is 9.24. The molecule has 3 aliphatic rings. The Kier molecular flexibility index (Phi) is 2.77. The lowest BCUT2D eigenvalue weighted by Gasteiger charge is -2.41. The SMILES string of the molecule is CC1CCN(C(=O)C23CCC(C)(C(=O)O2)C3(C)C)CC1. The smallest absolute Gasteiger partial charge is 0.313 e. The number of hydrogen-bond donors (Lipinski definition) is 0. The molecule has 2 saturated heterocycles. The second-order valence-corrected chi connectivity index (χ2v) is 7.65. The van der Waals surface area contributed by atoms with Crippen LogP contribution in [0.5, 0.6) is 0 Å². The van der Waals surface area contributed by atoms with Crippen molar-refractivity contribution < 1.29 is 14.3 Å². The van der Waals surface area contributed by atoms with E-state index in [-0.39, 0.29) is 11.9 Å². The van der Waals surface area contributed by atoms with Crippen molar-refractivity contribution >= 4 is 11.9 Å². The Bertz CT molecular complexity index is 464. The molecule has 0 aromatic rings. The Balaban J connectivity index is 1.90. The summed E-state index contributed by atoms with van der Waals surface area (Å²) in [6.45, 7) is 9.82. The highest BCUT2D eigenvalue weighted by Gasteiger charge is 2.76. The van der Waals surface area contributed by atoms with Gasteiger partial charge in [-0.25, -0.2) is 0 Å². The molecule has 2 bridgehead atoms. The summed E-state index contributed by atoms with van der Waals surface area (Å²) in [5.41, 5.74) is -1.84. The van der Waals surface area contributed by atoms with Crippen molar-refractivity contribution in [2.45, 2.75) is 59.0 Å². The summed E-state index contributed by atoms with van der Waals surface area (Å²) in [6, 6.07) is 0. The number of amides is 1. The van der Waals surface area contributed by atoms with E-state index in [1.807, 2.05) is 25.7 Å². The largest absolute Gasteiger partial charge is 0.448 e. The third kappa shape index (κ3) is 1.43. The molecule has 1 aliphatic carbocycles. The number of carbonyl (C=O) groups is 2. The number of piperidine rings is 1. The fraction of sp³-hybridized carbons (Fsp3) is 0.875. The van der Waals surface area contributed by atoms with Crippen LogP contribution in [0.4, 0.5) is 0 Å². The van der Waals surface area contributed by atoms with Gasteiger partial charge in [0, 0.05) is 18.5 Å². The van der Waals surface area contributed by atoms with Gasteiger partial charge in [-0.2, -0.15) is 0 Å². The van der Waals surface area contributed by atoms with E-state index in [0.717, 1.165) is 32.4 Å². The Morgan fingerprint density at radius 2 is 1.80 bits per heavy atom. The van der Waals surface area contributed by atoms with Crippen LogP contribution in [0.3, 0.4) is 0 Å². The molecular weight excluding hydrogens is 254 g/mol. The second kappa shape index (κ2) is 3.99. The molecule has 1 saturated carbocycles. The predicted octanol–water partition coefficient (Wildman–Crippen LogP) is 2.37. The zero-order chi connectivity index (χ0) is 14.8. The number of nitrogens with zero attached hydrogens (tertiary/aromatic N) is 1. The number of likely N-dealkylation sites (tertiary alicyclic amines) is 1. The van der Waals surface area contributed by atoms with E-state index in [1.165, 1.54) is 0 Å². The van der Waals surface area contributed by atoms with Crippen molar-refractivity contribution in [1.29, 1.82) is 0 Å². The highest BCUT2D eigenvalue weighted by molar-refractivity contribution is 5.96. The Labute approximate surface area is 120 Å². The van der Waals surface area contributed by atoms with Gasteiger partial charge >= 0.3 is 5.97 Å². The van der Waals surface area contributed by atoms with Crippen LogP contribution in [-0.2, 0) is 14.3 Å². The van der Waals surface area contributed by atoms with Gasteiger partial charge < -0.3 is 9.64 Å². The van der Waals surface area contributed by atoms with Gasteiger partial charge in [-0.1, -0.05) is 20.8 Å². The molecule has 20 heavy (non-hydrogen) atoms. The molecule has 0 radical (unpaired) electrons. The minimum Gasteiger partial charge on any atom is -0.448 e. The molecule has 3 fully saturated rings. The van der Waals surface area contributed by atoms with E-state index in [0.29, 0.717) is 12.3 Å². The van der Waals surface area contributed by atoms with E-state index in [2.05, 4.69) is 6.92 Å². The third-order valence-corrected chi connectivity index (χ3v) is 6.50. The lowest BCUT2D eigenvalue weighted by molar-refractivity contribution is -0.174. The Hall–Kier alpha value is -1.06. The maximum atomic E-state index is 13.0. The first-order valence-electron chi connectivity index (χ1n) is 7.77. The second-order valence-electron chi connectivity index (χ2n) is 7.65. The summed E-state index contributed by atoms with van der Waals surface area (Å²) in [4.78, 5) is 27.2. The van der Waals surface area contributed by atoms with Gasteiger partial charge in [0.25, 0.3) is 5.91 Å². The highest BCUT2D eigenvalue weighted by Crippen LogP contribution is 2.66. The Morgan fingerprint density at radius 3 is 2.25 bits per heavy atom. The summed E-state index contributed by atoms with van der Waals surface area (Å²) in [5.74, 6) is 0.543. The van der Waals surface area contributed by atoms with E-state index >= 15 is 0 Å². The van der Waals surface area contributed by atoms with E-state index < -0.39 is 16.4 Å². The molecule has 2 atom stereocenters. The van der Waals surface area contributed by atoms with Crippen molar-refractivity contribution in [3.63, 3.8) is 0 Å². The molecule has 2 heterocycles. The quantitative estimate of drug-likeness (QED) is 0.692. The van der Waals surface area contributed by atoms with Crippen LogP contribution in [0.2, 0.25) is 0 Å². The zero-order valence-electron chi connectivity index (χ0n) is 13.0. The fourth-order valence-electron chi connectivity index (χ4n) is 4.19. The summed E-state index contributed by atoms with van der Waals surface area (Å²) in [5, 5.41) is 0. The van der Waals surface area contributed by atoms with Crippen molar-refractivity contribution in [2.75, 3.05) is 13.1 Å². The maximum Gasteiger partial charge on any atom is 0.313 e. The van der Waals surface area contributed by atoms with Gasteiger partial charge in [-0.15, -0.1) is 0 Å². The molecule has 3 rings (SSSR count). The molecule has 1 amide bonds. The molecule has 0 spiro atoms. The first-order valence-corrected chi connectivity index (χ1v) is 7.77. The normalized spacial score (nSPS) is 40.0. The molecule has 0 aromatic heterocycles. The van der Waals surface area contributed by atoms with Gasteiger partial charge in [0.2, 0.25) is 0 Å². The lowest BCUT2D eigenvalue weighted by atomic mass is 9.66. The van der Waals surface area contributed by atoms with Crippen LogP contribution < -0.4 is 0 Å². The van der Waals surface area contributed by atoms with Crippen molar-refractivity contribution in [3.05, 3.63) is 0 Å². The number of fused-ring (bicyclic) bond motifs is 2. The molecular formula is C16H25NO3. The van der Waals surface area contributed by atoms with Crippen LogP contribution in [-0.4, -0.2) is 35.5 Å². The molecule has 0 aromatic carbocycles. The van der Waals surface area contributed by atoms with Crippen molar-refractivity contribution in [2.24, 2.45) is 16.7 Å². The number of ether oxygens (including phenoxy) is 1. The Morgan fingerprint density at radius 1 is 1.20 bits per heavy atom. The average Bonchev–Trinajstić information content (AvgIpc) is 2.69. The molecule has 2 aliphatic heterocycles. The van der Waals surface area contributed by atoms with Crippen molar-refractivity contribution in [1.82, 2.24) is 4.90 Å². The summed E-state index contributed by atoms with van der Waals surface area (Å²) < 4.78 is 5.68. The van der Waals surface area contributed by atoms with E-state index in [4.69, 9.17) is 4.74 Å². The fourth-order valence-corrected chi connectivity index (χ4v) is 4.19. The van der Waals surface area contributed by atoms with Gasteiger partial charge in [-0.3, -0.25) is 9.59 Å². The molecule has 2 unspecified atom stereocenters. The van der Waals surface area contributed by atoms with Crippen molar-refractivity contribution in [3.8, 4) is 0 Å². The van der Waals surface area contributed by atoms with Gasteiger partial charge in [-0.05, 0) is 38.5 Å². The van der Waals surface area contributed by atoms with Crippen LogP contribution in [0.25, 0.3) is 0 Å².